The normalized spacial score (nSPS) is 21.7. The first kappa shape index (κ1) is 19.2. The van der Waals surface area contributed by atoms with E-state index in [-0.39, 0.29) is 22.9 Å². The van der Waals surface area contributed by atoms with Crippen LogP contribution in [0.3, 0.4) is 0 Å². The lowest BCUT2D eigenvalue weighted by Crippen LogP contribution is -2.49. The lowest BCUT2D eigenvalue weighted by Gasteiger charge is -2.36. The summed E-state index contributed by atoms with van der Waals surface area (Å²) in [6, 6.07) is 7.57. The highest BCUT2D eigenvalue weighted by Gasteiger charge is 2.25. The molecule has 1 N–H and O–H groups in total. The van der Waals surface area contributed by atoms with Gasteiger partial charge in [0.1, 0.15) is 5.56 Å². The van der Waals surface area contributed by atoms with Crippen molar-refractivity contribution < 1.29 is 4.79 Å². The molecule has 5 heteroatoms. The van der Waals surface area contributed by atoms with Gasteiger partial charge in [0, 0.05) is 37.8 Å². The minimum Gasteiger partial charge on any atom is -0.350 e. The maximum absolute atomic E-state index is 12.9. The van der Waals surface area contributed by atoms with E-state index in [0.717, 1.165) is 43.9 Å². The van der Waals surface area contributed by atoms with Crippen LogP contribution in [0.5, 0.6) is 0 Å². The Hall–Kier alpha value is -2.14. The molecule has 1 amide bonds. The fourth-order valence-corrected chi connectivity index (χ4v) is 4.94. The van der Waals surface area contributed by atoms with E-state index in [1.54, 1.807) is 12.3 Å². The predicted molar refractivity (Wildman–Crippen MR) is 113 cm³/mol. The second-order valence-electron chi connectivity index (χ2n) is 8.58. The molecule has 1 atom stereocenters. The molecule has 2 heterocycles. The number of amides is 1. The van der Waals surface area contributed by atoms with Crippen molar-refractivity contribution in [2.24, 2.45) is 13.0 Å². The molecular weight excluding hydrogens is 350 g/mol. The van der Waals surface area contributed by atoms with Gasteiger partial charge in [-0.3, -0.25) is 9.59 Å². The van der Waals surface area contributed by atoms with Crippen LogP contribution in [-0.2, 0) is 7.05 Å². The average Bonchev–Trinajstić information content (AvgIpc) is 2.72. The molecule has 5 nitrogen and oxygen atoms in total. The molecule has 2 aromatic rings. The van der Waals surface area contributed by atoms with Crippen LogP contribution in [0.1, 0.15) is 55.3 Å². The molecular formula is C23H31N3O2. The number of pyridine rings is 1. The van der Waals surface area contributed by atoms with Crippen molar-refractivity contribution in [2.75, 3.05) is 19.6 Å². The number of benzene rings is 1. The maximum Gasteiger partial charge on any atom is 0.257 e. The SMILES string of the molecule is Cn1cc(C(=O)NC2CCCN(CC3CCCCC3)C2)c(=O)c2ccccc21. The summed E-state index contributed by atoms with van der Waals surface area (Å²) in [5, 5.41) is 3.74. The number of aryl methyl sites for hydroxylation is 1. The summed E-state index contributed by atoms with van der Waals surface area (Å²) in [4.78, 5) is 28.2. The zero-order valence-electron chi connectivity index (χ0n) is 16.8. The number of likely N-dealkylation sites (tertiary alicyclic amines) is 1. The molecule has 1 aromatic carbocycles. The van der Waals surface area contributed by atoms with Crippen LogP contribution >= 0.6 is 0 Å². The third kappa shape index (κ3) is 4.14. The van der Waals surface area contributed by atoms with Crippen LogP contribution < -0.4 is 10.7 Å². The monoisotopic (exact) mass is 381 g/mol. The topological polar surface area (TPSA) is 54.3 Å². The molecule has 0 spiro atoms. The Balaban J connectivity index is 1.44. The van der Waals surface area contributed by atoms with Crippen molar-refractivity contribution in [1.29, 1.82) is 0 Å². The van der Waals surface area contributed by atoms with Crippen molar-refractivity contribution in [3.8, 4) is 0 Å². The minimum atomic E-state index is -0.240. The zero-order valence-corrected chi connectivity index (χ0v) is 16.8. The third-order valence-electron chi connectivity index (χ3n) is 6.42. The lowest BCUT2D eigenvalue weighted by molar-refractivity contribution is 0.0888. The van der Waals surface area contributed by atoms with Gasteiger partial charge in [-0.2, -0.15) is 0 Å². The molecule has 150 valence electrons. The highest BCUT2D eigenvalue weighted by Crippen LogP contribution is 2.25. The molecule has 1 aromatic heterocycles. The molecule has 2 aliphatic rings. The summed E-state index contributed by atoms with van der Waals surface area (Å²) in [6.07, 6.45) is 10.6. The van der Waals surface area contributed by atoms with Crippen molar-refractivity contribution in [2.45, 2.75) is 51.0 Å². The van der Waals surface area contributed by atoms with Gasteiger partial charge in [-0.25, -0.2) is 0 Å². The first-order valence-corrected chi connectivity index (χ1v) is 10.7. The largest absolute Gasteiger partial charge is 0.350 e. The predicted octanol–water partition coefficient (Wildman–Crippen LogP) is 3.31. The van der Waals surface area contributed by atoms with Crippen LogP contribution in [0.25, 0.3) is 10.9 Å². The maximum atomic E-state index is 12.9. The zero-order chi connectivity index (χ0) is 19.5. The fraction of sp³-hybridized carbons (Fsp3) is 0.565. The second kappa shape index (κ2) is 8.48. The number of nitrogens with zero attached hydrogens (tertiary/aromatic N) is 2. The number of nitrogens with one attached hydrogen (secondary N) is 1. The molecule has 4 rings (SSSR count). The highest BCUT2D eigenvalue weighted by molar-refractivity contribution is 5.97. The molecule has 28 heavy (non-hydrogen) atoms. The van der Waals surface area contributed by atoms with Gasteiger partial charge in [-0.15, -0.1) is 0 Å². The van der Waals surface area contributed by atoms with Gasteiger partial charge in [0.05, 0.1) is 5.52 Å². The first-order valence-electron chi connectivity index (χ1n) is 10.7. The Morgan fingerprint density at radius 3 is 2.71 bits per heavy atom. The molecule has 1 aliphatic heterocycles. The van der Waals surface area contributed by atoms with Crippen molar-refractivity contribution in [3.63, 3.8) is 0 Å². The summed E-state index contributed by atoms with van der Waals surface area (Å²) in [5.74, 6) is 0.576. The molecule has 2 fully saturated rings. The Bertz CT molecular complexity index is 898. The van der Waals surface area contributed by atoms with Gasteiger partial charge in [-0.1, -0.05) is 31.4 Å². The van der Waals surface area contributed by atoms with Gasteiger partial charge in [0.25, 0.3) is 5.91 Å². The van der Waals surface area contributed by atoms with Crippen LogP contribution in [0.2, 0.25) is 0 Å². The smallest absolute Gasteiger partial charge is 0.257 e. The number of aromatic nitrogens is 1. The molecule has 1 aliphatic carbocycles. The number of para-hydroxylation sites is 1. The second-order valence-corrected chi connectivity index (χ2v) is 8.58. The van der Waals surface area contributed by atoms with Crippen molar-refractivity contribution in [3.05, 3.63) is 46.2 Å². The van der Waals surface area contributed by atoms with Crippen molar-refractivity contribution in [1.82, 2.24) is 14.8 Å². The number of rotatable bonds is 4. The molecule has 1 unspecified atom stereocenters. The molecule has 0 bridgehead atoms. The van der Waals surface area contributed by atoms with E-state index in [1.807, 2.05) is 29.8 Å². The van der Waals surface area contributed by atoms with E-state index in [1.165, 1.54) is 32.1 Å². The van der Waals surface area contributed by atoms with E-state index in [0.29, 0.717) is 5.39 Å². The summed E-state index contributed by atoms with van der Waals surface area (Å²) >= 11 is 0. The van der Waals surface area contributed by atoms with Crippen LogP contribution in [0.4, 0.5) is 0 Å². The van der Waals surface area contributed by atoms with Gasteiger partial charge in [0.2, 0.25) is 5.43 Å². The van der Waals surface area contributed by atoms with E-state index >= 15 is 0 Å². The van der Waals surface area contributed by atoms with Gasteiger partial charge in [-0.05, 0) is 50.3 Å². The number of hydrogen-bond donors (Lipinski definition) is 1. The number of carbonyl (C=O) groups excluding carboxylic acids is 1. The molecule has 0 radical (unpaired) electrons. The van der Waals surface area contributed by atoms with Crippen molar-refractivity contribution >= 4 is 16.8 Å². The van der Waals surface area contributed by atoms with E-state index in [4.69, 9.17) is 0 Å². The Kier molecular flexibility index (Phi) is 5.81. The number of fused-ring (bicyclic) bond motifs is 1. The van der Waals surface area contributed by atoms with Crippen LogP contribution in [-0.4, -0.2) is 41.1 Å². The summed E-state index contributed by atoms with van der Waals surface area (Å²) in [6.45, 7) is 3.18. The van der Waals surface area contributed by atoms with Gasteiger partial charge in [0.15, 0.2) is 0 Å². The highest BCUT2D eigenvalue weighted by atomic mass is 16.2. The van der Waals surface area contributed by atoms with E-state index in [2.05, 4.69) is 10.2 Å². The Morgan fingerprint density at radius 2 is 1.89 bits per heavy atom. The third-order valence-corrected chi connectivity index (χ3v) is 6.42. The Labute approximate surface area is 166 Å². The lowest BCUT2D eigenvalue weighted by atomic mass is 9.88. The van der Waals surface area contributed by atoms with Gasteiger partial charge >= 0.3 is 0 Å². The number of hydrogen-bond acceptors (Lipinski definition) is 3. The standard InChI is InChI=1S/C23H31N3O2/c1-25-16-20(22(27)19-11-5-6-12-21(19)25)23(28)24-18-10-7-13-26(15-18)14-17-8-3-2-4-9-17/h5-6,11-12,16-18H,2-4,7-10,13-15H2,1H3,(H,24,28). The average molecular weight is 382 g/mol. The van der Waals surface area contributed by atoms with E-state index < -0.39 is 0 Å². The minimum absolute atomic E-state index is 0.126. The van der Waals surface area contributed by atoms with E-state index in [9.17, 15) is 9.59 Å². The fourth-order valence-electron chi connectivity index (χ4n) is 4.94. The number of piperidine rings is 1. The first-order chi connectivity index (χ1) is 13.6. The quantitative estimate of drug-likeness (QED) is 0.884. The van der Waals surface area contributed by atoms with Crippen LogP contribution in [0.15, 0.2) is 35.3 Å². The summed E-state index contributed by atoms with van der Waals surface area (Å²) in [5.41, 5.74) is 0.909. The molecule has 1 saturated heterocycles. The molecule has 1 saturated carbocycles. The van der Waals surface area contributed by atoms with Crippen LogP contribution in [0, 0.1) is 5.92 Å². The summed E-state index contributed by atoms with van der Waals surface area (Å²) in [7, 11) is 1.88. The Morgan fingerprint density at radius 1 is 1.11 bits per heavy atom. The number of carbonyl (C=O) groups is 1. The summed E-state index contributed by atoms with van der Waals surface area (Å²) < 4.78 is 1.86. The van der Waals surface area contributed by atoms with Gasteiger partial charge < -0.3 is 14.8 Å².